The van der Waals surface area contributed by atoms with Gasteiger partial charge in [-0.1, -0.05) is 18.5 Å². The van der Waals surface area contributed by atoms with E-state index in [1.54, 1.807) is 36.6 Å². The third kappa shape index (κ3) is 3.94. The highest BCUT2D eigenvalue weighted by Gasteiger charge is 2.23. The summed E-state index contributed by atoms with van der Waals surface area (Å²) in [5.74, 6) is -0.783. The second-order valence-corrected chi connectivity index (χ2v) is 6.13. The maximum absolute atomic E-state index is 12.4. The number of hydrogen-bond donors (Lipinski definition) is 1. The van der Waals surface area contributed by atoms with E-state index < -0.39 is 0 Å². The molecule has 0 bridgehead atoms. The molecule has 0 spiro atoms. The Morgan fingerprint density at radius 2 is 2.04 bits per heavy atom. The monoisotopic (exact) mass is 352 g/mol. The molecule has 1 atom stereocenters. The third-order valence-electron chi connectivity index (χ3n) is 3.52. The molecule has 0 radical (unpaired) electrons. The highest BCUT2D eigenvalue weighted by molar-refractivity contribution is 6.30. The first-order valence-corrected chi connectivity index (χ1v) is 7.97. The van der Waals surface area contributed by atoms with Crippen molar-refractivity contribution in [3.8, 4) is 0 Å². The number of carbonyl (C=O) groups excluding carboxylic acids is 2. The van der Waals surface area contributed by atoms with E-state index in [0.717, 1.165) is 0 Å². The van der Waals surface area contributed by atoms with Gasteiger partial charge in [-0.3, -0.25) is 19.0 Å². The van der Waals surface area contributed by atoms with Crippen LogP contribution in [-0.2, 0) is 17.9 Å². The van der Waals surface area contributed by atoms with E-state index in [1.165, 1.54) is 17.3 Å². The molecule has 0 aromatic carbocycles. The predicted octanol–water partition coefficient (Wildman–Crippen LogP) is 1.73. The fraction of sp³-hybridized carbons (Fsp3) is 0.467. The normalized spacial score (nSPS) is 12.0. The molecule has 2 rings (SSSR count). The Morgan fingerprint density at radius 3 is 2.58 bits per heavy atom. The Morgan fingerprint density at radius 1 is 1.33 bits per heavy atom. The van der Waals surface area contributed by atoms with Gasteiger partial charge in [0.05, 0.1) is 35.6 Å². The second-order valence-electron chi connectivity index (χ2n) is 5.69. The lowest BCUT2D eigenvalue weighted by molar-refractivity contribution is -0.119. The number of aromatic nitrogens is 4. The average molecular weight is 353 g/mol. The highest BCUT2D eigenvalue weighted by atomic mass is 35.5. The minimum absolute atomic E-state index is 0.212. The van der Waals surface area contributed by atoms with Crippen molar-refractivity contribution in [2.24, 2.45) is 5.92 Å². The fourth-order valence-corrected chi connectivity index (χ4v) is 2.37. The Balaban J connectivity index is 2.13. The smallest absolute Gasteiger partial charge is 0.273 e. The van der Waals surface area contributed by atoms with E-state index in [2.05, 4.69) is 15.5 Å². The Kier molecular flexibility index (Phi) is 5.61. The number of halogens is 1. The predicted molar refractivity (Wildman–Crippen MR) is 90.9 cm³/mol. The number of amides is 2. The molecule has 2 heterocycles. The molecule has 0 saturated heterocycles. The minimum Gasteiger partial charge on any atom is -0.343 e. The van der Waals surface area contributed by atoms with Crippen LogP contribution in [0, 0.1) is 5.92 Å². The number of hydrogen-bond acceptors (Lipinski definition) is 4. The number of anilines is 1. The lowest BCUT2D eigenvalue weighted by Crippen LogP contribution is -2.28. The van der Waals surface area contributed by atoms with Crippen molar-refractivity contribution >= 4 is 29.1 Å². The van der Waals surface area contributed by atoms with Crippen molar-refractivity contribution in [3.05, 3.63) is 29.3 Å². The first-order valence-electron chi connectivity index (χ1n) is 7.59. The molecule has 130 valence electrons. The van der Waals surface area contributed by atoms with E-state index in [9.17, 15) is 9.59 Å². The highest BCUT2D eigenvalue weighted by Crippen LogP contribution is 2.18. The zero-order chi connectivity index (χ0) is 17.9. The molecule has 9 heteroatoms. The van der Waals surface area contributed by atoms with Crippen LogP contribution < -0.4 is 5.32 Å². The first-order chi connectivity index (χ1) is 11.3. The van der Waals surface area contributed by atoms with Crippen LogP contribution in [0.15, 0.2) is 18.6 Å². The molecule has 0 aliphatic carbocycles. The molecule has 0 aliphatic rings. The van der Waals surface area contributed by atoms with Gasteiger partial charge in [0.25, 0.3) is 5.91 Å². The molecule has 8 nitrogen and oxygen atoms in total. The van der Waals surface area contributed by atoms with Crippen LogP contribution in [0.4, 0.5) is 5.69 Å². The lowest BCUT2D eigenvalue weighted by atomic mass is 10.1. The van der Waals surface area contributed by atoms with Crippen molar-refractivity contribution < 1.29 is 9.59 Å². The number of nitrogens with one attached hydrogen (secondary N) is 1. The van der Waals surface area contributed by atoms with Crippen molar-refractivity contribution in [3.63, 3.8) is 0 Å². The molecular weight excluding hydrogens is 332 g/mol. The summed E-state index contributed by atoms with van der Waals surface area (Å²) >= 11 is 5.82. The summed E-state index contributed by atoms with van der Waals surface area (Å²) in [5.41, 5.74) is 0.774. The van der Waals surface area contributed by atoms with Gasteiger partial charge in [0.15, 0.2) is 0 Å². The van der Waals surface area contributed by atoms with Crippen molar-refractivity contribution in [1.82, 2.24) is 24.5 Å². The summed E-state index contributed by atoms with van der Waals surface area (Å²) in [4.78, 5) is 26.2. The number of aryl methyl sites for hydroxylation is 1. The van der Waals surface area contributed by atoms with Crippen LogP contribution in [0.5, 0.6) is 0 Å². The van der Waals surface area contributed by atoms with E-state index >= 15 is 0 Å². The standard InChI is InChI=1S/C15H21ClN6O2/c1-5-22-13(15(24)20(3)4)12(7-18-22)19-14(23)10(2)8-21-9-11(16)6-17-21/h6-7,9-10H,5,8H2,1-4H3,(H,19,23). The van der Waals surface area contributed by atoms with E-state index in [0.29, 0.717) is 29.5 Å². The molecule has 24 heavy (non-hydrogen) atoms. The van der Waals surface area contributed by atoms with Gasteiger partial charge in [-0.25, -0.2) is 0 Å². The van der Waals surface area contributed by atoms with Crippen molar-refractivity contribution in [2.45, 2.75) is 26.9 Å². The van der Waals surface area contributed by atoms with Gasteiger partial charge in [0.2, 0.25) is 5.91 Å². The molecule has 0 saturated carbocycles. The summed E-state index contributed by atoms with van der Waals surface area (Å²) in [5, 5.41) is 11.5. The number of nitrogens with zero attached hydrogens (tertiary/aromatic N) is 5. The van der Waals surface area contributed by atoms with Gasteiger partial charge in [0, 0.05) is 26.8 Å². The van der Waals surface area contributed by atoms with E-state index in [4.69, 9.17) is 11.6 Å². The molecule has 2 aromatic heterocycles. The quantitative estimate of drug-likeness (QED) is 0.858. The third-order valence-corrected chi connectivity index (χ3v) is 3.71. The van der Waals surface area contributed by atoms with Crippen LogP contribution in [-0.4, -0.2) is 50.4 Å². The fourth-order valence-electron chi connectivity index (χ4n) is 2.21. The summed E-state index contributed by atoms with van der Waals surface area (Å²) < 4.78 is 3.17. The molecule has 1 N–H and O–H groups in total. The molecule has 0 fully saturated rings. The van der Waals surface area contributed by atoms with Crippen LogP contribution in [0.25, 0.3) is 0 Å². The van der Waals surface area contributed by atoms with Crippen LogP contribution in [0.3, 0.4) is 0 Å². The van der Waals surface area contributed by atoms with Gasteiger partial charge in [-0.15, -0.1) is 0 Å². The maximum atomic E-state index is 12.4. The summed E-state index contributed by atoms with van der Waals surface area (Å²) in [6, 6.07) is 0. The zero-order valence-corrected chi connectivity index (χ0v) is 14.9. The van der Waals surface area contributed by atoms with Gasteiger partial charge in [-0.05, 0) is 6.92 Å². The topological polar surface area (TPSA) is 85.0 Å². The second kappa shape index (κ2) is 7.48. The minimum atomic E-state index is -0.353. The van der Waals surface area contributed by atoms with Gasteiger partial charge < -0.3 is 10.2 Å². The van der Waals surface area contributed by atoms with Crippen molar-refractivity contribution in [2.75, 3.05) is 19.4 Å². The average Bonchev–Trinajstić information content (AvgIpc) is 3.12. The van der Waals surface area contributed by atoms with E-state index in [1.807, 2.05) is 6.92 Å². The van der Waals surface area contributed by atoms with Crippen LogP contribution >= 0.6 is 11.6 Å². The molecule has 2 aromatic rings. The van der Waals surface area contributed by atoms with E-state index in [-0.39, 0.29) is 17.7 Å². The van der Waals surface area contributed by atoms with Gasteiger partial charge in [-0.2, -0.15) is 10.2 Å². The summed E-state index contributed by atoms with van der Waals surface area (Å²) in [6.07, 6.45) is 4.67. The Bertz CT molecular complexity index is 736. The van der Waals surface area contributed by atoms with Gasteiger partial charge in [0.1, 0.15) is 5.69 Å². The summed E-state index contributed by atoms with van der Waals surface area (Å²) in [7, 11) is 3.32. The van der Waals surface area contributed by atoms with Gasteiger partial charge >= 0.3 is 0 Å². The number of carbonyl (C=O) groups is 2. The number of rotatable bonds is 6. The van der Waals surface area contributed by atoms with Crippen LogP contribution in [0.2, 0.25) is 5.02 Å². The SMILES string of the molecule is CCn1ncc(NC(=O)C(C)Cn2cc(Cl)cn2)c1C(=O)N(C)C. The van der Waals surface area contributed by atoms with Crippen LogP contribution in [0.1, 0.15) is 24.3 Å². The zero-order valence-electron chi connectivity index (χ0n) is 14.2. The largest absolute Gasteiger partial charge is 0.343 e. The molecule has 2 amide bonds. The molecule has 0 aliphatic heterocycles. The first kappa shape index (κ1) is 18.0. The maximum Gasteiger partial charge on any atom is 0.273 e. The Labute approximate surface area is 145 Å². The Hall–Kier alpha value is -2.35. The molecular formula is C15H21ClN6O2. The lowest BCUT2D eigenvalue weighted by Gasteiger charge is -2.15. The summed E-state index contributed by atoms with van der Waals surface area (Å²) in [6.45, 7) is 4.58. The van der Waals surface area contributed by atoms with Crippen molar-refractivity contribution in [1.29, 1.82) is 0 Å². The molecule has 1 unspecified atom stereocenters.